The van der Waals surface area contributed by atoms with E-state index in [1.807, 2.05) is 0 Å². The van der Waals surface area contributed by atoms with Gasteiger partial charge in [0.1, 0.15) is 10.6 Å². The van der Waals surface area contributed by atoms with Crippen molar-refractivity contribution in [2.45, 2.75) is 11.3 Å². The predicted molar refractivity (Wildman–Crippen MR) is 80.4 cm³/mol. The maximum Gasteiger partial charge on any atom is 0.573 e. The molecular weight excluding hydrogens is 378 g/mol. The van der Waals surface area contributed by atoms with E-state index >= 15 is 0 Å². The molecule has 0 amide bonds. The SMILES string of the molecule is O=S(=O)(Nc1cccc(Cl)c1Cl)c1ccccc1OC(F)(F)F. The fraction of sp³-hybridized carbons (Fsp3) is 0.0769. The lowest BCUT2D eigenvalue weighted by molar-refractivity contribution is -0.275. The highest BCUT2D eigenvalue weighted by Gasteiger charge is 2.34. The van der Waals surface area contributed by atoms with Gasteiger partial charge >= 0.3 is 6.36 Å². The summed E-state index contributed by atoms with van der Waals surface area (Å²) in [5, 5.41) is 0.0126. The molecule has 0 unspecified atom stereocenters. The fourth-order valence-electron chi connectivity index (χ4n) is 1.66. The molecule has 0 saturated heterocycles. The van der Waals surface area contributed by atoms with Crippen LogP contribution < -0.4 is 9.46 Å². The molecule has 124 valence electrons. The highest BCUT2D eigenvalue weighted by molar-refractivity contribution is 7.92. The first-order chi connectivity index (χ1) is 10.6. The third-order valence-corrected chi connectivity index (χ3v) is 4.78. The Labute approximate surface area is 139 Å². The number of ether oxygens (including phenoxy) is 1. The molecule has 10 heteroatoms. The summed E-state index contributed by atoms with van der Waals surface area (Å²) in [4.78, 5) is -0.687. The molecule has 0 atom stereocenters. The molecule has 2 aromatic rings. The summed E-state index contributed by atoms with van der Waals surface area (Å²) >= 11 is 11.6. The molecule has 0 bridgehead atoms. The third kappa shape index (κ3) is 4.43. The average Bonchev–Trinajstić information content (AvgIpc) is 2.42. The Kier molecular flexibility index (Phi) is 4.98. The van der Waals surface area contributed by atoms with Crippen LogP contribution in [0.25, 0.3) is 0 Å². The summed E-state index contributed by atoms with van der Waals surface area (Å²) in [5.41, 5.74) is -0.0685. The van der Waals surface area contributed by atoms with E-state index in [4.69, 9.17) is 23.2 Å². The largest absolute Gasteiger partial charge is 0.573 e. The Morgan fingerprint density at radius 2 is 1.65 bits per heavy atom. The summed E-state index contributed by atoms with van der Waals surface area (Å²) in [7, 11) is -4.37. The van der Waals surface area contributed by atoms with Crippen LogP contribution in [0.4, 0.5) is 18.9 Å². The summed E-state index contributed by atoms with van der Waals surface area (Å²) in [6.07, 6.45) is -5.03. The number of hydrogen-bond acceptors (Lipinski definition) is 3. The highest BCUT2D eigenvalue weighted by Crippen LogP contribution is 2.34. The van der Waals surface area contributed by atoms with Crippen molar-refractivity contribution in [2.24, 2.45) is 0 Å². The van der Waals surface area contributed by atoms with Crippen molar-refractivity contribution in [3.05, 3.63) is 52.5 Å². The number of alkyl halides is 3. The highest BCUT2D eigenvalue weighted by atomic mass is 35.5. The van der Waals surface area contributed by atoms with Gasteiger partial charge in [0.2, 0.25) is 0 Å². The molecule has 1 N–H and O–H groups in total. The van der Waals surface area contributed by atoms with Crippen molar-refractivity contribution in [3.63, 3.8) is 0 Å². The predicted octanol–water partition coefficient (Wildman–Crippen LogP) is 4.69. The van der Waals surface area contributed by atoms with Gasteiger partial charge in [-0.05, 0) is 24.3 Å². The van der Waals surface area contributed by atoms with Gasteiger partial charge in [-0.1, -0.05) is 41.4 Å². The molecule has 0 fully saturated rings. The van der Waals surface area contributed by atoms with E-state index in [2.05, 4.69) is 9.46 Å². The topological polar surface area (TPSA) is 55.4 Å². The smallest absolute Gasteiger partial charge is 0.404 e. The van der Waals surface area contributed by atoms with Gasteiger partial charge in [0, 0.05) is 0 Å². The molecular formula is C13H8Cl2F3NO3S. The van der Waals surface area contributed by atoms with Crippen molar-refractivity contribution in [1.29, 1.82) is 0 Å². The van der Waals surface area contributed by atoms with E-state index in [1.54, 1.807) is 0 Å². The van der Waals surface area contributed by atoms with Crippen LogP contribution in [-0.2, 0) is 10.0 Å². The minimum absolute atomic E-state index is 0.0685. The van der Waals surface area contributed by atoms with Crippen molar-refractivity contribution in [3.8, 4) is 5.75 Å². The van der Waals surface area contributed by atoms with Crippen molar-refractivity contribution in [1.82, 2.24) is 0 Å². The van der Waals surface area contributed by atoms with Gasteiger partial charge in [0.05, 0.1) is 15.7 Å². The zero-order valence-corrected chi connectivity index (χ0v) is 13.4. The number of para-hydroxylation sites is 1. The van der Waals surface area contributed by atoms with E-state index in [0.717, 1.165) is 12.1 Å². The molecule has 0 heterocycles. The lowest BCUT2D eigenvalue weighted by Crippen LogP contribution is -2.21. The average molecular weight is 386 g/mol. The van der Waals surface area contributed by atoms with Crippen molar-refractivity contribution < 1.29 is 26.3 Å². The van der Waals surface area contributed by atoms with Crippen LogP contribution in [0, 0.1) is 0 Å². The van der Waals surface area contributed by atoms with Gasteiger partial charge in [-0.3, -0.25) is 4.72 Å². The number of benzene rings is 2. The van der Waals surface area contributed by atoms with Crippen LogP contribution >= 0.6 is 23.2 Å². The van der Waals surface area contributed by atoms with Gasteiger partial charge in [0.25, 0.3) is 10.0 Å². The molecule has 0 aliphatic carbocycles. The molecule has 2 aromatic carbocycles. The molecule has 2 rings (SSSR count). The second-order valence-corrected chi connectivity index (χ2v) is 6.64. The van der Waals surface area contributed by atoms with Gasteiger partial charge < -0.3 is 4.74 Å². The first-order valence-corrected chi connectivity index (χ1v) is 8.16. The Balaban J connectivity index is 2.43. The summed E-state index contributed by atoms with van der Waals surface area (Å²) in [5.74, 6) is -0.856. The molecule has 0 spiro atoms. The van der Waals surface area contributed by atoms with Gasteiger partial charge in [0.15, 0.2) is 0 Å². The van der Waals surface area contributed by atoms with Crippen molar-refractivity contribution in [2.75, 3.05) is 4.72 Å². The lowest BCUT2D eigenvalue weighted by Gasteiger charge is -2.15. The fourth-order valence-corrected chi connectivity index (χ4v) is 3.27. The first kappa shape index (κ1) is 17.7. The van der Waals surface area contributed by atoms with E-state index < -0.39 is 27.0 Å². The minimum atomic E-state index is -5.03. The normalized spacial score (nSPS) is 12.0. The summed E-state index contributed by atoms with van der Waals surface area (Å²) in [6.45, 7) is 0. The number of anilines is 1. The standard InChI is InChI=1S/C13H8Cl2F3NO3S/c14-8-4-3-5-9(12(8)15)19-23(20,21)11-7-2-1-6-10(11)22-13(16,17)18/h1-7,19H. The van der Waals surface area contributed by atoms with Crippen LogP contribution in [0.5, 0.6) is 5.75 Å². The maximum absolute atomic E-state index is 12.4. The van der Waals surface area contributed by atoms with Crippen LogP contribution in [0.15, 0.2) is 47.4 Å². The van der Waals surface area contributed by atoms with Crippen LogP contribution in [0.1, 0.15) is 0 Å². The molecule has 0 aliphatic heterocycles. The number of nitrogens with one attached hydrogen (secondary N) is 1. The van der Waals surface area contributed by atoms with E-state index in [9.17, 15) is 21.6 Å². The minimum Gasteiger partial charge on any atom is -0.404 e. The van der Waals surface area contributed by atoms with Gasteiger partial charge in [-0.25, -0.2) is 8.42 Å². The molecule has 23 heavy (non-hydrogen) atoms. The number of rotatable bonds is 4. The van der Waals surface area contributed by atoms with Crippen molar-refractivity contribution >= 4 is 38.9 Å². The van der Waals surface area contributed by atoms with E-state index in [-0.39, 0.29) is 15.7 Å². The molecule has 4 nitrogen and oxygen atoms in total. The molecule has 0 aromatic heterocycles. The number of halogens is 5. The third-order valence-electron chi connectivity index (χ3n) is 2.56. The van der Waals surface area contributed by atoms with E-state index in [1.165, 1.54) is 30.3 Å². The van der Waals surface area contributed by atoms with Gasteiger partial charge in [-0.15, -0.1) is 13.2 Å². The quantitative estimate of drug-likeness (QED) is 0.830. The Morgan fingerprint density at radius 1 is 1.00 bits per heavy atom. The molecule has 0 aliphatic rings. The molecule has 0 radical (unpaired) electrons. The number of hydrogen-bond donors (Lipinski definition) is 1. The number of sulfonamides is 1. The Hall–Kier alpha value is -1.64. The van der Waals surface area contributed by atoms with Crippen LogP contribution in [-0.4, -0.2) is 14.8 Å². The van der Waals surface area contributed by atoms with Crippen LogP contribution in [0.2, 0.25) is 10.0 Å². The summed E-state index contributed by atoms with van der Waals surface area (Å²) in [6, 6.07) is 8.53. The zero-order chi connectivity index (χ0) is 17.3. The zero-order valence-electron chi connectivity index (χ0n) is 11.1. The maximum atomic E-state index is 12.4. The second-order valence-electron chi connectivity index (χ2n) is 4.20. The first-order valence-electron chi connectivity index (χ1n) is 5.92. The second kappa shape index (κ2) is 6.46. The Bertz CT molecular complexity index is 825. The monoisotopic (exact) mass is 385 g/mol. The van der Waals surface area contributed by atoms with Gasteiger partial charge in [-0.2, -0.15) is 0 Å². The van der Waals surface area contributed by atoms with E-state index in [0.29, 0.717) is 0 Å². The van der Waals surface area contributed by atoms with Crippen LogP contribution in [0.3, 0.4) is 0 Å². The Morgan fingerprint density at radius 3 is 2.30 bits per heavy atom. The molecule has 0 saturated carbocycles. The summed E-state index contributed by atoms with van der Waals surface area (Å²) < 4.78 is 67.6. The lowest BCUT2D eigenvalue weighted by atomic mass is 10.3.